The monoisotopic (exact) mass is 474 g/mol. The Balaban J connectivity index is 1.64. The molecule has 4 rings (SSSR count). The largest absolute Gasteiger partial charge is 0.321 e. The van der Waals surface area contributed by atoms with Crippen LogP contribution in [0.1, 0.15) is 28.4 Å². The van der Waals surface area contributed by atoms with Crippen molar-refractivity contribution in [3.8, 4) is 0 Å². The molecule has 8 heteroatoms. The minimum absolute atomic E-state index is 0.246. The number of amides is 1. The Kier molecular flexibility index (Phi) is 5.73. The number of anilines is 2. The van der Waals surface area contributed by atoms with Crippen LogP contribution in [0.15, 0.2) is 65.6 Å². The van der Waals surface area contributed by atoms with Crippen LogP contribution in [0.25, 0.3) is 0 Å². The van der Waals surface area contributed by atoms with Crippen molar-refractivity contribution >= 4 is 50.5 Å². The highest BCUT2D eigenvalue weighted by Crippen LogP contribution is 2.37. The minimum atomic E-state index is -3.71. The molecule has 0 radical (unpaired) electrons. The maximum Gasteiger partial charge on any atom is 0.264 e. The van der Waals surface area contributed by atoms with Crippen LogP contribution in [0.2, 0.25) is 10.0 Å². The zero-order valence-corrected chi connectivity index (χ0v) is 19.2. The molecule has 31 heavy (non-hydrogen) atoms. The van der Waals surface area contributed by atoms with Crippen molar-refractivity contribution in [2.75, 3.05) is 9.62 Å². The third kappa shape index (κ3) is 4.03. The summed E-state index contributed by atoms with van der Waals surface area (Å²) in [6.45, 7) is 3.77. The fraction of sp³-hybridized carbons (Fsp3) is 0.174. The van der Waals surface area contributed by atoms with Gasteiger partial charge < -0.3 is 5.32 Å². The van der Waals surface area contributed by atoms with Gasteiger partial charge in [-0.3, -0.25) is 9.10 Å². The third-order valence-corrected chi connectivity index (χ3v) is 8.03. The first-order valence-electron chi connectivity index (χ1n) is 9.68. The van der Waals surface area contributed by atoms with Crippen molar-refractivity contribution in [1.29, 1.82) is 0 Å². The first-order valence-corrected chi connectivity index (χ1v) is 11.9. The van der Waals surface area contributed by atoms with E-state index in [9.17, 15) is 13.2 Å². The average Bonchev–Trinajstić information content (AvgIpc) is 3.07. The summed E-state index contributed by atoms with van der Waals surface area (Å²) in [5, 5.41) is 3.37. The van der Waals surface area contributed by atoms with E-state index in [0.717, 1.165) is 11.1 Å². The van der Waals surface area contributed by atoms with Gasteiger partial charge in [-0.05, 0) is 68.3 Å². The topological polar surface area (TPSA) is 66.5 Å². The fourth-order valence-electron chi connectivity index (χ4n) is 3.73. The van der Waals surface area contributed by atoms with Crippen molar-refractivity contribution in [2.24, 2.45) is 0 Å². The number of fused-ring (bicyclic) bond motifs is 1. The number of benzene rings is 3. The van der Waals surface area contributed by atoms with Gasteiger partial charge in [-0.2, -0.15) is 0 Å². The van der Waals surface area contributed by atoms with Crippen LogP contribution < -0.4 is 9.62 Å². The number of sulfonamides is 1. The Hall–Kier alpha value is -2.54. The van der Waals surface area contributed by atoms with Gasteiger partial charge >= 0.3 is 0 Å². The van der Waals surface area contributed by atoms with Crippen LogP contribution in [0.4, 0.5) is 11.4 Å². The highest BCUT2D eigenvalue weighted by molar-refractivity contribution is 7.92. The van der Waals surface area contributed by atoms with E-state index in [-0.39, 0.29) is 21.9 Å². The van der Waals surface area contributed by atoms with E-state index in [1.54, 1.807) is 60.7 Å². The standard InChI is InChI=1S/C23H20Cl2N2O3S/c1-14-6-9-18(10-7-14)31(29,30)27-15(2)12-17-13-16(8-11-21(17)27)23(28)26-20-5-3-4-19(24)22(20)25/h3-11,13,15H,12H2,1-2H3,(H,26,28)/t15-/m0/s1. The van der Waals surface area contributed by atoms with Gasteiger partial charge in [0.25, 0.3) is 15.9 Å². The molecule has 0 aliphatic carbocycles. The Labute approximate surface area is 191 Å². The van der Waals surface area contributed by atoms with Gasteiger partial charge in [-0.15, -0.1) is 0 Å². The maximum atomic E-state index is 13.3. The second-order valence-corrected chi connectivity index (χ2v) is 10.2. The number of hydrogen-bond donors (Lipinski definition) is 1. The van der Waals surface area contributed by atoms with Crippen molar-refractivity contribution in [3.05, 3.63) is 87.4 Å². The quantitative estimate of drug-likeness (QED) is 0.527. The molecule has 0 unspecified atom stereocenters. The summed E-state index contributed by atoms with van der Waals surface area (Å²) in [6, 6.07) is 16.6. The Morgan fingerprint density at radius 1 is 1.06 bits per heavy atom. The van der Waals surface area contributed by atoms with Crippen molar-refractivity contribution in [1.82, 2.24) is 0 Å². The predicted molar refractivity (Wildman–Crippen MR) is 125 cm³/mol. The predicted octanol–water partition coefficient (Wildman–Crippen LogP) is 5.69. The lowest BCUT2D eigenvalue weighted by atomic mass is 10.1. The van der Waals surface area contributed by atoms with E-state index in [1.807, 2.05) is 13.8 Å². The third-order valence-electron chi connectivity index (χ3n) is 5.27. The molecule has 0 saturated heterocycles. The summed E-state index contributed by atoms with van der Waals surface area (Å²) < 4.78 is 28.0. The summed E-state index contributed by atoms with van der Waals surface area (Å²) >= 11 is 12.2. The number of carbonyl (C=O) groups excluding carboxylic acids is 1. The first kappa shape index (κ1) is 21.7. The number of halogens is 2. The summed E-state index contributed by atoms with van der Waals surface area (Å²) in [7, 11) is -3.71. The molecular weight excluding hydrogens is 455 g/mol. The zero-order chi connectivity index (χ0) is 22.3. The Morgan fingerprint density at radius 3 is 2.48 bits per heavy atom. The summed E-state index contributed by atoms with van der Waals surface area (Å²) in [5.74, 6) is -0.348. The number of aryl methyl sites for hydroxylation is 1. The van der Waals surface area contributed by atoms with Gasteiger partial charge in [-0.25, -0.2) is 8.42 Å². The van der Waals surface area contributed by atoms with E-state index in [4.69, 9.17) is 23.2 Å². The number of nitrogens with one attached hydrogen (secondary N) is 1. The molecule has 0 aromatic heterocycles. The van der Waals surface area contributed by atoms with E-state index in [1.165, 1.54) is 4.31 Å². The number of nitrogens with zero attached hydrogens (tertiary/aromatic N) is 1. The first-order chi connectivity index (χ1) is 14.7. The molecule has 5 nitrogen and oxygen atoms in total. The molecule has 0 fully saturated rings. The lowest BCUT2D eigenvalue weighted by Gasteiger charge is -2.24. The molecule has 1 atom stereocenters. The average molecular weight is 475 g/mol. The molecule has 160 valence electrons. The van der Waals surface area contributed by atoms with Crippen LogP contribution in [-0.2, 0) is 16.4 Å². The highest BCUT2D eigenvalue weighted by Gasteiger charge is 2.36. The molecule has 3 aromatic carbocycles. The molecule has 0 bridgehead atoms. The van der Waals surface area contributed by atoms with Crippen LogP contribution >= 0.6 is 23.2 Å². The summed E-state index contributed by atoms with van der Waals surface area (Å²) in [6.07, 6.45) is 0.513. The van der Waals surface area contributed by atoms with Gasteiger partial charge in [0.1, 0.15) is 0 Å². The van der Waals surface area contributed by atoms with E-state index in [0.29, 0.717) is 28.4 Å². The van der Waals surface area contributed by atoms with Crippen LogP contribution in [0.5, 0.6) is 0 Å². The SMILES string of the molecule is Cc1ccc(S(=O)(=O)N2c3ccc(C(=O)Nc4cccc(Cl)c4Cl)cc3C[C@@H]2C)cc1. The zero-order valence-electron chi connectivity index (χ0n) is 16.9. The number of rotatable bonds is 4. The molecule has 1 heterocycles. The van der Waals surface area contributed by atoms with Gasteiger partial charge in [0.05, 0.1) is 26.3 Å². The van der Waals surface area contributed by atoms with Gasteiger partial charge in [-0.1, -0.05) is 47.0 Å². The molecule has 1 aliphatic rings. The molecule has 1 N–H and O–H groups in total. The molecule has 1 amide bonds. The Bertz CT molecular complexity index is 1270. The van der Waals surface area contributed by atoms with Crippen molar-refractivity contribution < 1.29 is 13.2 Å². The lowest BCUT2D eigenvalue weighted by molar-refractivity contribution is 0.102. The highest BCUT2D eigenvalue weighted by atomic mass is 35.5. The number of hydrogen-bond acceptors (Lipinski definition) is 3. The van der Waals surface area contributed by atoms with Crippen LogP contribution in [0, 0.1) is 6.92 Å². The minimum Gasteiger partial charge on any atom is -0.321 e. The Morgan fingerprint density at radius 2 is 1.77 bits per heavy atom. The van der Waals surface area contributed by atoms with Crippen LogP contribution in [0.3, 0.4) is 0 Å². The van der Waals surface area contributed by atoms with Crippen LogP contribution in [-0.4, -0.2) is 20.4 Å². The maximum absolute atomic E-state index is 13.3. The van der Waals surface area contributed by atoms with E-state index >= 15 is 0 Å². The fourth-order valence-corrected chi connectivity index (χ4v) is 5.77. The van der Waals surface area contributed by atoms with E-state index < -0.39 is 10.0 Å². The molecular formula is C23H20Cl2N2O3S. The van der Waals surface area contributed by atoms with Gasteiger partial charge in [0.15, 0.2) is 0 Å². The second kappa shape index (κ2) is 8.19. The molecule has 3 aromatic rings. The molecule has 1 aliphatic heterocycles. The number of carbonyl (C=O) groups is 1. The summed E-state index contributed by atoms with van der Waals surface area (Å²) in [4.78, 5) is 13.0. The van der Waals surface area contributed by atoms with Crippen molar-refractivity contribution in [3.63, 3.8) is 0 Å². The summed E-state index contributed by atoms with van der Waals surface area (Å²) in [5.41, 5.74) is 3.20. The van der Waals surface area contributed by atoms with Gasteiger partial charge in [0, 0.05) is 11.6 Å². The second-order valence-electron chi connectivity index (χ2n) is 7.57. The lowest BCUT2D eigenvalue weighted by Crippen LogP contribution is -2.35. The normalized spacial score (nSPS) is 15.6. The van der Waals surface area contributed by atoms with E-state index in [2.05, 4.69) is 5.32 Å². The van der Waals surface area contributed by atoms with Crippen molar-refractivity contribution in [2.45, 2.75) is 31.2 Å². The molecule has 0 saturated carbocycles. The smallest absolute Gasteiger partial charge is 0.264 e. The molecule has 0 spiro atoms. The van der Waals surface area contributed by atoms with Gasteiger partial charge in [0.2, 0.25) is 0 Å².